The lowest BCUT2D eigenvalue weighted by atomic mass is 10.1. The van der Waals surface area contributed by atoms with Crippen molar-refractivity contribution in [3.05, 3.63) is 28.9 Å². The molecule has 3 heteroatoms. The summed E-state index contributed by atoms with van der Waals surface area (Å²) in [6.45, 7) is 1.91. The van der Waals surface area contributed by atoms with Gasteiger partial charge < -0.3 is 5.11 Å². The van der Waals surface area contributed by atoms with Crippen LogP contribution in [0.4, 0.5) is 4.39 Å². The molecule has 0 spiro atoms. The molecule has 13 heavy (non-hydrogen) atoms. The lowest BCUT2D eigenvalue weighted by molar-refractivity contribution is 0.475. The van der Waals surface area contributed by atoms with E-state index in [0.717, 1.165) is 10.1 Å². The Labute approximate surface area is 79.4 Å². The summed E-state index contributed by atoms with van der Waals surface area (Å²) in [7, 11) is 0. The summed E-state index contributed by atoms with van der Waals surface area (Å²) in [4.78, 5) is 0. The molecule has 2 rings (SSSR count). The number of phenolic OH excluding ortho intramolecular Hbond substituents is 1. The van der Waals surface area contributed by atoms with Gasteiger partial charge in [-0.05, 0) is 17.9 Å². The second-order valence-electron chi connectivity index (χ2n) is 2.87. The van der Waals surface area contributed by atoms with Crippen LogP contribution in [-0.4, -0.2) is 5.11 Å². The Morgan fingerprint density at radius 3 is 3.00 bits per heavy atom. The molecule has 0 amide bonds. The lowest BCUT2D eigenvalue weighted by Crippen LogP contribution is -1.87. The Morgan fingerprint density at radius 1 is 1.54 bits per heavy atom. The Balaban J connectivity index is 2.88. The van der Waals surface area contributed by atoms with Gasteiger partial charge in [-0.3, -0.25) is 0 Å². The molecular formula is C10H9FOS. The largest absolute Gasteiger partial charge is 0.507 e. The highest BCUT2D eigenvalue weighted by molar-refractivity contribution is 7.17. The van der Waals surface area contributed by atoms with Crippen LogP contribution in [0.5, 0.6) is 5.75 Å². The average molecular weight is 196 g/mol. The van der Waals surface area contributed by atoms with Crippen LogP contribution in [-0.2, 0) is 6.42 Å². The van der Waals surface area contributed by atoms with Crippen molar-refractivity contribution in [2.45, 2.75) is 13.3 Å². The molecule has 0 aliphatic heterocycles. The third-order valence-electron chi connectivity index (χ3n) is 2.12. The van der Waals surface area contributed by atoms with Crippen molar-refractivity contribution in [1.29, 1.82) is 0 Å². The van der Waals surface area contributed by atoms with E-state index >= 15 is 0 Å². The first-order valence-electron chi connectivity index (χ1n) is 4.11. The second-order valence-corrected chi connectivity index (χ2v) is 3.79. The van der Waals surface area contributed by atoms with Crippen molar-refractivity contribution >= 4 is 21.4 Å². The van der Waals surface area contributed by atoms with Gasteiger partial charge >= 0.3 is 0 Å². The normalized spacial score (nSPS) is 10.9. The van der Waals surface area contributed by atoms with Gasteiger partial charge in [-0.2, -0.15) is 0 Å². The van der Waals surface area contributed by atoms with Crippen LogP contribution in [0.3, 0.4) is 0 Å². The molecule has 1 heterocycles. The number of fused-ring (bicyclic) bond motifs is 1. The zero-order chi connectivity index (χ0) is 9.42. The van der Waals surface area contributed by atoms with Gasteiger partial charge in [-0.25, -0.2) is 4.39 Å². The molecule has 68 valence electrons. The van der Waals surface area contributed by atoms with Gasteiger partial charge in [-0.1, -0.05) is 6.92 Å². The van der Waals surface area contributed by atoms with Crippen molar-refractivity contribution in [3.8, 4) is 5.75 Å². The maximum Gasteiger partial charge on any atom is 0.131 e. The summed E-state index contributed by atoms with van der Waals surface area (Å²) >= 11 is 1.47. The first-order valence-corrected chi connectivity index (χ1v) is 4.99. The minimum Gasteiger partial charge on any atom is -0.507 e. The number of benzene rings is 1. The molecule has 0 radical (unpaired) electrons. The number of hydrogen-bond donors (Lipinski definition) is 1. The molecule has 1 nitrogen and oxygen atoms in total. The van der Waals surface area contributed by atoms with E-state index in [1.54, 1.807) is 0 Å². The number of thiophene rings is 1. The average Bonchev–Trinajstić information content (AvgIpc) is 2.53. The smallest absolute Gasteiger partial charge is 0.131 e. The molecular weight excluding hydrogens is 187 g/mol. The molecule has 0 aliphatic carbocycles. The van der Waals surface area contributed by atoms with E-state index in [2.05, 4.69) is 0 Å². The van der Waals surface area contributed by atoms with Gasteiger partial charge in [0.2, 0.25) is 0 Å². The quantitative estimate of drug-likeness (QED) is 0.741. The van der Waals surface area contributed by atoms with E-state index in [-0.39, 0.29) is 11.6 Å². The molecule has 1 aromatic heterocycles. The van der Waals surface area contributed by atoms with Gasteiger partial charge in [0, 0.05) is 21.7 Å². The maximum absolute atomic E-state index is 13.3. The summed E-state index contributed by atoms with van der Waals surface area (Å²) in [5.41, 5.74) is 0.697. The van der Waals surface area contributed by atoms with Crippen LogP contribution in [0.1, 0.15) is 12.5 Å². The summed E-state index contributed by atoms with van der Waals surface area (Å²) in [5.74, 6) is -0.277. The Morgan fingerprint density at radius 2 is 2.31 bits per heavy atom. The van der Waals surface area contributed by atoms with E-state index in [4.69, 9.17) is 0 Å². The number of aryl methyl sites for hydroxylation is 1. The topological polar surface area (TPSA) is 20.2 Å². The van der Waals surface area contributed by atoms with Crippen molar-refractivity contribution in [2.75, 3.05) is 0 Å². The van der Waals surface area contributed by atoms with Crippen molar-refractivity contribution in [3.63, 3.8) is 0 Å². The van der Waals surface area contributed by atoms with E-state index in [1.807, 2.05) is 18.4 Å². The summed E-state index contributed by atoms with van der Waals surface area (Å²) in [6, 6.07) is 3.00. The fourth-order valence-corrected chi connectivity index (χ4v) is 2.49. The number of hydrogen-bond acceptors (Lipinski definition) is 2. The molecule has 0 fully saturated rings. The number of rotatable bonds is 1. The molecule has 0 saturated heterocycles. The molecule has 2 aromatic rings. The molecule has 1 N–H and O–H groups in total. The van der Waals surface area contributed by atoms with E-state index in [9.17, 15) is 9.50 Å². The highest BCUT2D eigenvalue weighted by Crippen LogP contribution is 2.33. The Kier molecular flexibility index (Phi) is 1.96. The third-order valence-corrected chi connectivity index (χ3v) is 3.09. The van der Waals surface area contributed by atoms with Crippen molar-refractivity contribution in [1.82, 2.24) is 0 Å². The minimum absolute atomic E-state index is 0.0333. The second kappa shape index (κ2) is 3.00. The standard InChI is InChI=1S/C10H9FOS/c1-2-6-8(11)5-9(12)7-3-4-13-10(6)7/h3-5,12H,2H2,1H3. The Bertz CT molecular complexity index is 447. The minimum atomic E-state index is -0.310. The molecule has 0 aliphatic rings. The molecule has 1 aromatic carbocycles. The van der Waals surface area contributed by atoms with Crippen LogP contribution in [0.15, 0.2) is 17.5 Å². The van der Waals surface area contributed by atoms with Gasteiger partial charge in [0.25, 0.3) is 0 Å². The van der Waals surface area contributed by atoms with E-state index in [1.165, 1.54) is 17.4 Å². The Hall–Kier alpha value is -1.09. The van der Waals surface area contributed by atoms with Crippen molar-refractivity contribution in [2.24, 2.45) is 0 Å². The number of aromatic hydroxyl groups is 1. The predicted molar refractivity (Wildman–Crippen MR) is 52.8 cm³/mol. The predicted octanol–water partition coefficient (Wildman–Crippen LogP) is 3.31. The van der Waals surface area contributed by atoms with Crippen LogP contribution in [0, 0.1) is 5.82 Å². The SMILES string of the molecule is CCc1c(F)cc(O)c2ccsc12. The fraction of sp³-hybridized carbons (Fsp3) is 0.200. The van der Waals surface area contributed by atoms with Gasteiger partial charge in [0.05, 0.1) is 0 Å². The summed E-state index contributed by atoms with van der Waals surface area (Å²) in [6.07, 6.45) is 0.656. The van der Waals surface area contributed by atoms with Gasteiger partial charge in [0.15, 0.2) is 0 Å². The third kappa shape index (κ3) is 1.20. The summed E-state index contributed by atoms with van der Waals surface area (Å²) < 4.78 is 14.2. The van der Waals surface area contributed by atoms with Crippen LogP contribution < -0.4 is 0 Å². The highest BCUT2D eigenvalue weighted by Gasteiger charge is 2.10. The van der Waals surface area contributed by atoms with E-state index in [0.29, 0.717) is 12.0 Å². The lowest BCUT2D eigenvalue weighted by Gasteiger charge is -2.02. The zero-order valence-electron chi connectivity index (χ0n) is 7.17. The number of phenols is 1. The van der Waals surface area contributed by atoms with Crippen LogP contribution in [0.2, 0.25) is 0 Å². The molecule has 0 saturated carbocycles. The maximum atomic E-state index is 13.3. The summed E-state index contributed by atoms with van der Waals surface area (Å²) in [5, 5.41) is 12.0. The molecule has 0 atom stereocenters. The molecule has 0 bridgehead atoms. The zero-order valence-corrected chi connectivity index (χ0v) is 7.99. The van der Waals surface area contributed by atoms with E-state index < -0.39 is 0 Å². The van der Waals surface area contributed by atoms with Crippen molar-refractivity contribution < 1.29 is 9.50 Å². The monoisotopic (exact) mass is 196 g/mol. The highest BCUT2D eigenvalue weighted by atomic mass is 32.1. The van der Waals surface area contributed by atoms with Gasteiger partial charge in [0.1, 0.15) is 11.6 Å². The first-order chi connectivity index (χ1) is 6.24. The van der Waals surface area contributed by atoms with Crippen LogP contribution in [0.25, 0.3) is 10.1 Å². The fourth-order valence-electron chi connectivity index (χ4n) is 1.47. The van der Waals surface area contributed by atoms with Crippen LogP contribution >= 0.6 is 11.3 Å². The van der Waals surface area contributed by atoms with Gasteiger partial charge in [-0.15, -0.1) is 11.3 Å². The number of halogens is 1. The first kappa shape index (κ1) is 8.51. The molecule has 0 unspecified atom stereocenters.